The number of oxime groups is 1. The molecule has 2 aromatic carbocycles. The van der Waals surface area contributed by atoms with Crippen molar-refractivity contribution in [3.05, 3.63) is 84.4 Å². The lowest BCUT2D eigenvalue weighted by molar-refractivity contribution is 0.143. The highest BCUT2D eigenvalue weighted by molar-refractivity contribution is 5.79. The van der Waals surface area contributed by atoms with E-state index in [4.69, 9.17) is 4.84 Å². The molecular weight excluding hydrogens is 286 g/mol. The standard InChI is InChI=1S/C19H19N3O/c1-2-5-17(6-3-1)7-4-14-23-21-15-18-8-10-19(11-9-18)22-13-12-20-16-22/h1-3,5-6,8-13,15-16H,4,7,14H2/b21-15+. The van der Waals surface area contributed by atoms with Gasteiger partial charge in [0.1, 0.15) is 6.61 Å². The minimum Gasteiger partial charge on any atom is -0.396 e. The van der Waals surface area contributed by atoms with Crippen LogP contribution in [-0.4, -0.2) is 22.4 Å². The van der Waals surface area contributed by atoms with Crippen molar-refractivity contribution in [1.82, 2.24) is 9.55 Å². The number of aryl methyl sites for hydroxylation is 1. The fraction of sp³-hybridized carbons (Fsp3) is 0.158. The van der Waals surface area contributed by atoms with Gasteiger partial charge in [-0.05, 0) is 36.1 Å². The molecule has 0 unspecified atom stereocenters. The Labute approximate surface area is 136 Å². The summed E-state index contributed by atoms with van der Waals surface area (Å²) >= 11 is 0. The van der Waals surface area contributed by atoms with Gasteiger partial charge in [0.15, 0.2) is 0 Å². The highest BCUT2D eigenvalue weighted by Gasteiger charge is 1.95. The largest absolute Gasteiger partial charge is 0.396 e. The van der Waals surface area contributed by atoms with Gasteiger partial charge in [-0.25, -0.2) is 4.98 Å². The van der Waals surface area contributed by atoms with E-state index in [1.807, 2.05) is 41.1 Å². The summed E-state index contributed by atoms with van der Waals surface area (Å²) in [7, 11) is 0. The summed E-state index contributed by atoms with van der Waals surface area (Å²) < 4.78 is 1.96. The molecule has 3 aromatic rings. The van der Waals surface area contributed by atoms with Crippen LogP contribution >= 0.6 is 0 Å². The molecule has 23 heavy (non-hydrogen) atoms. The molecule has 1 heterocycles. The van der Waals surface area contributed by atoms with Crippen LogP contribution in [0.1, 0.15) is 17.5 Å². The van der Waals surface area contributed by atoms with E-state index in [2.05, 4.69) is 34.4 Å². The Morgan fingerprint density at radius 1 is 1.04 bits per heavy atom. The minimum atomic E-state index is 0.624. The normalized spacial score (nSPS) is 11.0. The summed E-state index contributed by atoms with van der Waals surface area (Å²) in [6.45, 7) is 0.624. The smallest absolute Gasteiger partial charge is 0.117 e. The first kappa shape index (κ1) is 15.0. The molecule has 4 nitrogen and oxygen atoms in total. The highest BCUT2D eigenvalue weighted by atomic mass is 16.6. The lowest BCUT2D eigenvalue weighted by Gasteiger charge is -2.02. The number of hydrogen-bond acceptors (Lipinski definition) is 3. The van der Waals surface area contributed by atoms with Crippen molar-refractivity contribution in [2.45, 2.75) is 12.8 Å². The molecule has 0 aliphatic rings. The maximum absolute atomic E-state index is 5.32. The Morgan fingerprint density at radius 2 is 1.87 bits per heavy atom. The van der Waals surface area contributed by atoms with E-state index in [0.29, 0.717) is 6.61 Å². The van der Waals surface area contributed by atoms with E-state index < -0.39 is 0 Å². The molecule has 0 aliphatic carbocycles. The Morgan fingerprint density at radius 3 is 2.61 bits per heavy atom. The fourth-order valence-electron chi connectivity index (χ4n) is 2.28. The minimum absolute atomic E-state index is 0.624. The third kappa shape index (κ3) is 4.54. The lowest BCUT2D eigenvalue weighted by atomic mass is 10.1. The van der Waals surface area contributed by atoms with Gasteiger partial charge in [-0.2, -0.15) is 0 Å². The van der Waals surface area contributed by atoms with Crippen molar-refractivity contribution in [1.29, 1.82) is 0 Å². The first-order valence-corrected chi connectivity index (χ1v) is 7.69. The zero-order valence-corrected chi connectivity index (χ0v) is 12.9. The van der Waals surface area contributed by atoms with Crippen LogP contribution in [0.4, 0.5) is 0 Å². The highest BCUT2D eigenvalue weighted by Crippen LogP contribution is 2.08. The Bertz CT molecular complexity index is 719. The van der Waals surface area contributed by atoms with E-state index in [9.17, 15) is 0 Å². The van der Waals surface area contributed by atoms with Gasteiger partial charge in [-0.3, -0.25) is 0 Å². The molecule has 3 rings (SSSR count). The van der Waals surface area contributed by atoms with Crippen LogP contribution in [0.5, 0.6) is 0 Å². The molecule has 4 heteroatoms. The zero-order chi connectivity index (χ0) is 15.7. The van der Waals surface area contributed by atoms with Crippen LogP contribution in [0.3, 0.4) is 0 Å². The van der Waals surface area contributed by atoms with Crippen molar-refractivity contribution in [3.63, 3.8) is 0 Å². The van der Waals surface area contributed by atoms with Crippen molar-refractivity contribution in [2.75, 3.05) is 6.61 Å². The van der Waals surface area contributed by atoms with Crippen LogP contribution in [-0.2, 0) is 11.3 Å². The second kappa shape index (κ2) is 7.94. The third-order valence-corrected chi connectivity index (χ3v) is 3.52. The topological polar surface area (TPSA) is 39.4 Å². The van der Waals surface area contributed by atoms with Crippen molar-refractivity contribution in [2.24, 2.45) is 5.16 Å². The number of benzene rings is 2. The Kier molecular flexibility index (Phi) is 5.19. The van der Waals surface area contributed by atoms with Gasteiger partial charge in [0, 0.05) is 18.1 Å². The van der Waals surface area contributed by atoms with Crippen molar-refractivity contribution < 1.29 is 4.84 Å². The van der Waals surface area contributed by atoms with Crippen LogP contribution in [0.25, 0.3) is 5.69 Å². The molecule has 0 radical (unpaired) electrons. The summed E-state index contributed by atoms with van der Waals surface area (Å²) in [5.74, 6) is 0. The van der Waals surface area contributed by atoms with E-state index in [0.717, 1.165) is 24.1 Å². The molecule has 0 bridgehead atoms. The number of hydrogen-bond donors (Lipinski definition) is 0. The molecule has 0 spiro atoms. The van der Waals surface area contributed by atoms with Gasteiger partial charge in [0.25, 0.3) is 0 Å². The van der Waals surface area contributed by atoms with Gasteiger partial charge >= 0.3 is 0 Å². The van der Waals surface area contributed by atoms with Gasteiger partial charge in [-0.1, -0.05) is 47.6 Å². The van der Waals surface area contributed by atoms with E-state index >= 15 is 0 Å². The lowest BCUT2D eigenvalue weighted by Crippen LogP contribution is -1.93. The predicted octanol–water partition coefficient (Wildman–Crippen LogP) is 3.86. The number of nitrogens with zero attached hydrogens (tertiary/aromatic N) is 3. The third-order valence-electron chi connectivity index (χ3n) is 3.52. The van der Waals surface area contributed by atoms with Crippen LogP contribution < -0.4 is 0 Å². The van der Waals surface area contributed by atoms with Crippen LogP contribution in [0.2, 0.25) is 0 Å². The van der Waals surface area contributed by atoms with Gasteiger partial charge in [-0.15, -0.1) is 0 Å². The molecule has 0 aliphatic heterocycles. The fourth-order valence-corrected chi connectivity index (χ4v) is 2.28. The van der Waals surface area contributed by atoms with Crippen LogP contribution in [0, 0.1) is 0 Å². The summed E-state index contributed by atoms with van der Waals surface area (Å²) in [6, 6.07) is 18.5. The van der Waals surface area contributed by atoms with Crippen LogP contribution in [0.15, 0.2) is 78.5 Å². The molecule has 0 amide bonds. The zero-order valence-electron chi connectivity index (χ0n) is 12.9. The summed E-state index contributed by atoms with van der Waals surface area (Å²) in [4.78, 5) is 9.35. The maximum Gasteiger partial charge on any atom is 0.117 e. The number of rotatable bonds is 7. The average molecular weight is 305 g/mol. The quantitative estimate of drug-likeness (QED) is 0.378. The molecule has 1 aromatic heterocycles. The van der Waals surface area contributed by atoms with Crippen molar-refractivity contribution >= 4 is 6.21 Å². The first-order valence-electron chi connectivity index (χ1n) is 7.69. The number of aromatic nitrogens is 2. The molecular formula is C19H19N3O. The van der Waals surface area contributed by atoms with E-state index in [1.54, 1.807) is 18.7 Å². The summed E-state index contributed by atoms with van der Waals surface area (Å²) in [5.41, 5.74) is 3.41. The van der Waals surface area contributed by atoms with Gasteiger partial charge in [0.05, 0.1) is 12.5 Å². The predicted molar refractivity (Wildman–Crippen MR) is 91.9 cm³/mol. The second-order valence-electron chi connectivity index (χ2n) is 5.22. The molecule has 0 fully saturated rings. The van der Waals surface area contributed by atoms with Gasteiger partial charge < -0.3 is 9.40 Å². The summed E-state index contributed by atoms with van der Waals surface area (Å²) in [6.07, 6.45) is 9.16. The molecule has 0 saturated heterocycles. The Balaban J connectivity index is 1.41. The Hall–Kier alpha value is -2.88. The molecule has 116 valence electrons. The SMILES string of the molecule is C(=N\OCCCc1ccccc1)/c1ccc(-n2ccnc2)cc1. The first-order chi connectivity index (χ1) is 11.4. The number of imidazole rings is 1. The van der Waals surface area contributed by atoms with Gasteiger partial charge in [0.2, 0.25) is 0 Å². The van der Waals surface area contributed by atoms with E-state index in [1.165, 1.54) is 5.56 Å². The maximum atomic E-state index is 5.32. The molecule has 0 N–H and O–H groups in total. The van der Waals surface area contributed by atoms with E-state index in [-0.39, 0.29) is 0 Å². The monoisotopic (exact) mass is 305 g/mol. The summed E-state index contributed by atoms with van der Waals surface area (Å²) in [5, 5.41) is 4.02. The second-order valence-corrected chi connectivity index (χ2v) is 5.22. The molecule has 0 atom stereocenters. The molecule has 0 saturated carbocycles. The van der Waals surface area contributed by atoms with Crippen molar-refractivity contribution in [3.8, 4) is 5.69 Å². The average Bonchev–Trinajstić information content (AvgIpc) is 3.14.